The fourth-order valence-electron chi connectivity index (χ4n) is 4.78. The van der Waals surface area contributed by atoms with Crippen molar-refractivity contribution < 1.29 is 4.42 Å². The second-order valence-electron chi connectivity index (χ2n) is 6.41. The molecule has 4 atom stereocenters. The van der Waals surface area contributed by atoms with E-state index < -0.39 is 0 Å². The Morgan fingerprint density at radius 2 is 1.95 bits per heavy atom. The van der Waals surface area contributed by atoms with Crippen molar-refractivity contribution in [1.82, 2.24) is 4.98 Å². The van der Waals surface area contributed by atoms with Gasteiger partial charge in [-0.2, -0.15) is 0 Å². The van der Waals surface area contributed by atoms with Crippen LogP contribution in [0.15, 0.2) is 16.5 Å². The fourth-order valence-corrected chi connectivity index (χ4v) is 4.94. The van der Waals surface area contributed by atoms with E-state index in [-0.39, 0.29) is 0 Å². The predicted molar refractivity (Wildman–Crippen MR) is 74.0 cm³/mol. The molecule has 1 heterocycles. The topological polar surface area (TPSA) is 52.0 Å². The standard InChI is InChI=1S/C15H15ClN2O/c16-8-4-10-11(5-9(8)17)19-15(18-10)14-12-6-1-2-7(3-6)13(12)14/h4-7,12-14H,1-3,17H2. The van der Waals surface area contributed by atoms with E-state index in [4.69, 9.17) is 21.8 Å². The number of nitrogens with two attached hydrogens (primary N) is 1. The summed E-state index contributed by atoms with van der Waals surface area (Å²) < 4.78 is 5.94. The summed E-state index contributed by atoms with van der Waals surface area (Å²) in [4.78, 5) is 4.65. The molecule has 1 aromatic carbocycles. The molecular weight excluding hydrogens is 260 g/mol. The molecule has 0 spiro atoms. The number of anilines is 1. The molecule has 0 saturated heterocycles. The minimum atomic E-state index is 0.559. The summed E-state index contributed by atoms with van der Waals surface area (Å²) in [6, 6.07) is 3.60. The molecular formula is C15H15ClN2O. The van der Waals surface area contributed by atoms with Gasteiger partial charge in [-0.3, -0.25) is 0 Å². The van der Waals surface area contributed by atoms with Gasteiger partial charge in [-0.1, -0.05) is 11.6 Å². The zero-order valence-electron chi connectivity index (χ0n) is 10.5. The van der Waals surface area contributed by atoms with Crippen LogP contribution in [0.25, 0.3) is 11.1 Å². The minimum absolute atomic E-state index is 0.559. The highest BCUT2D eigenvalue weighted by molar-refractivity contribution is 6.33. The van der Waals surface area contributed by atoms with Crippen LogP contribution in [0.5, 0.6) is 0 Å². The van der Waals surface area contributed by atoms with E-state index in [1.54, 1.807) is 6.07 Å². The highest BCUT2D eigenvalue weighted by Crippen LogP contribution is 2.73. The molecule has 4 heteroatoms. The first kappa shape index (κ1) is 10.6. The lowest BCUT2D eigenvalue weighted by molar-refractivity contribution is 0.447. The molecule has 2 bridgehead atoms. The number of hydrogen-bond donors (Lipinski definition) is 1. The molecule has 2 N–H and O–H groups in total. The lowest BCUT2D eigenvalue weighted by atomic mass is 10.0. The molecule has 3 fully saturated rings. The van der Waals surface area contributed by atoms with Crippen LogP contribution in [0, 0.1) is 23.7 Å². The van der Waals surface area contributed by atoms with Crippen LogP contribution in [0.3, 0.4) is 0 Å². The minimum Gasteiger partial charge on any atom is -0.440 e. The highest BCUT2D eigenvalue weighted by atomic mass is 35.5. The Balaban J connectivity index is 1.57. The average Bonchev–Trinajstić information content (AvgIpc) is 2.75. The van der Waals surface area contributed by atoms with Crippen molar-refractivity contribution in [2.45, 2.75) is 25.2 Å². The number of hydrogen-bond acceptors (Lipinski definition) is 3. The molecule has 3 saturated carbocycles. The van der Waals surface area contributed by atoms with Crippen LogP contribution in [0.4, 0.5) is 5.69 Å². The molecule has 5 rings (SSSR count). The normalized spacial score (nSPS) is 38.9. The van der Waals surface area contributed by atoms with Gasteiger partial charge < -0.3 is 10.2 Å². The summed E-state index contributed by atoms with van der Waals surface area (Å²) in [6.07, 6.45) is 4.29. The number of benzene rings is 1. The van der Waals surface area contributed by atoms with Gasteiger partial charge >= 0.3 is 0 Å². The molecule has 98 valence electrons. The lowest BCUT2D eigenvalue weighted by Gasteiger charge is -2.04. The SMILES string of the molecule is Nc1cc2oc(C3C4C5CCC(C5)C34)nc2cc1Cl. The maximum atomic E-state index is 6.04. The van der Waals surface area contributed by atoms with E-state index in [9.17, 15) is 0 Å². The highest BCUT2D eigenvalue weighted by Gasteiger charge is 2.67. The van der Waals surface area contributed by atoms with Gasteiger partial charge in [0.15, 0.2) is 11.5 Å². The third kappa shape index (κ3) is 1.27. The second kappa shape index (κ2) is 3.26. The fraction of sp³-hybridized carbons (Fsp3) is 0.533. The van der Waals surface area contributed by atoms with Crippen LogP contribution >= 0.6 is 11.6 Å². The van der Waals surface area contributed by atoms with Gasteiger partial charge in [0.1, 0.15) is 5.52 Å². The molecule has 0 aliphatic heterocycles. The second-order valence-corrected chi connectivity index (χ2v) is 6.81. The Bertz CT molecular complexity index is 640. The van der Waals surface area contributed by atoms with Crippen molar-refractivity contribution in [1.29, 1.82) is 0 Å². The van der Waals surface area contributed by atoms with Crippen molar-refractivity contribution in [3.05, 3.63) is 23.0 Å². The first-order valence-corrected chi connectivity index (χ1v) is 7.45. The summed E-state index contributed by atoms with van der Waals surface area (Å²) in [7, 11) is 0. The molecule has 3 aliphatic rings. The number of oxazole rings is 1. The smallest absolute Gasteiger partial charge is 0.199 e. The van der Waals surface area contributed by atoms with Crippen LogP contribution in [0.2, 0.25) is 5.02 Å². The van der Waals surface area contributed by atoms with Crippen molar-refractivity contribution in [2.24, 2.45) is 23.7 Å². The Labute approximate surface area is 116 Å². The van der Waals surface area contributed by atoms with Crippen LogP contribution < -0.4 is 5.73 Å². The first-order chi connectivity index (χ1) is 9.22. The van der Waals surface area contributed by atoms with Gasteiger partial charge in [0.05, 0.1) is 10.7 Å². The van der Waals surface area contributed by atoms with E-state index in [1.165, 1.54) is 19.3 Å². The van der Waals surface area contributed by atoms with E-state index in [2.05, 4.69) is 4.98 Å². The van der Waals surface area contributed by atoms with Gasteiger partial charge in [-0.15, -0.1) is 0 Å². The summed E-state index contributed by atoms with van der Waals surface area (Å²) in [5.41, 5.74) is 7.99. The summed E-state index contributed by atoms with van der Waals surface area (Å²) in [5, 5.41) is 0.559. The Morgan fingerprint density at radius 3 is 2.68 bits per heavy atom. The van der Waals surface area contributed by atoms with Gasteiger partial charge in [0, 0.05) is 12.0 Å². The van der Waals surface area contributed by atoms with Gasteiger partial charge in [-0.05, 0) is 49.0 Å². The quantitative estimate of drug-likeness (QED) is 0.804. The summed E-state index contributed by atoms with van der Waals surface area (Å²) in [6.45, 7) is 0. The first-order valence-electron chi connectivity index (χ1n) is 7.08. The third-order valence-electron chi connectivity index (χ3n) is 5.54. The number of nitrogens with zero attached hydrogens (tertiary/aromatic N) is 1. The number of rotatable bonds is 1. The van der Waals surface area contributed by atoms with E-state index >= 15 is 0 Å². The molecule has 1 aromatic heterocycles. The monoisotopic (exact) mass is 274 g/mol. The number of nitrogen functional groups attached to an aromatic ring is 1. The molecule has 3 nitrogen and oxygen atoms in total. The van der Waals surface area contributed by atoms with Crippen LogP contribution in [-0.4, -0.2) is 4.98 Å². The summed E-state index contributed by atoms with van der Waals surface area (Å²) in [5.74, 6) is 5.05. The number of aromatic nitrogens is 1. The Kier molecular flexibility index (Phi) is 1.81. The van der Waals surface area contributed by atoms with Crippen LogP contribution in [0.1, 0.15) is 31.1 Å². The van der Waals surface area contributed by atoms with Gasteiger partial charge in [0.2, 0.25) is 0 Å². The predicted octanol–water partition coefficient (Wildman–Crippen LogP) is 3.82. The van der Waals surface area contributed by atoms with Crippen molar-refractivity contribution in [3.63, 3.8) is 0 Å². The van der Waals surface area contributed by atoms with E-state index in [0.29, 0.717) is 16.6 Å². The number of fused-ring (bicyclic) bond motifs is 6. The molecule has 0 amide bonds. The van der Waals surface area contributed by atoms with Gasteiger partial charge in [0.25, 0.3) is 0 Å². The molecule has 3 aliphatic carbocycles. The molecule has 4 unspecified atom stereocenters. The van der Waals surface area contributed by atoms with E-state index in [1.807, 2.05) is 6.07 Å². The lowest BCUT2D eigenvalue weighted by Crippen LogP contribution is -1.97. The van der Waals surface area contributed by atoms with Crippen molar-refractivity contribution >= 4 is 28.4 Å². The maximum absolute atomic E-state index is 6.04. The Hall–Kier alpha value is -1.22. The molecule has 2 aromatic rings. The largest absolute Gasteiger partial charge is 0.440 e. The molecule has 19 heavy (non-hydrogen) atoms. The summed E-state index contributed by atoms with van der Waals surface area (Å²) >= 11 is 6.04. The maximum Gasteiger partial charge on any atom is 0.199 e. The Morgan fingerprint density at radius 1 is 1.21 bits per heavy atom. The van der Waals surface area contributed by atoms with E-state index in [0.717, 1.165) is 40.7 Å². The zero-order valence-corrected chi connectivity index (χ0v) is 11.2. The molecule has 0 radical (unpaired) electrons. The van der Waals surface area contributed by atoms with Crippen LogP contribution in [-0.2, 0) is 0 Å². The van der Waals surface area contributed by atoms with Gasteiger partial charge in [-0.25, -0.2) is 4.98 Å². The average molecular weight is 275 g/mol. The van der Waals surface area contributed by atoms with Crippen molar-refractivity contribution in [3.8, 4) is 0 Å². The third-order valence-corrected chi connectivity index (χ3v) is 5.87. The number of halogens is 1. The zero-order chi connectivity index (χ0) is 12.7. The van der Waals surface area contributed by atoms with Crippen molar-refractivity contribution in [2.75, 3.05) is 5.73 Å².